The second-order valence-corrected chi connectivity index (χ2v) is 3.83. The number of anilines is 2. The zero-order valence-corrected chi connectivity index (χ0v) is 9.32. The van der Waals surface area contributed by atoms with E-state index < -0.39 is 0 Å². The van der Waals surface area contributed by atoms with Gasteiger partial charge >= 0.3 is 0 Å². The van der Waals surface area contributed by atoms with Gasteiger partial charge in [0.1, 0.15) is 0 Å². The Bertz CT molecular complexity index is 374. The number of nitrogen functional groups attached to an aromatic ring is 1. The van der Waals surface area contributed by atoms with Crippen LogP contribution in [0.3, 0.4) is 0 Å². The summed E-state index contributed by atoms with van der Waals surface area (Å²) < 4.78 is 0. The number of hydrogen-bond acceptors (Lipinski definition) is 4. The Morgan fingerprint density at radius 3 is 2.40 bits per heavy atom. The molecule has 15 heavy (non-hydrogen) atoms. The fraction of sp³-hybridized carbons (Fsp3) is 0.364. The lowest BCUT2D eigenvalue weighted by Gasteiger charge is -2.24. The van der Waals surface area contributed by atoms with E-state index in [2.05, 4.69) is 0 Å². The van der Waals surface area contributed by atoms with Gasteiger partial charge in [0.2, 0.25) is 0 Å². The molecule has 1 aromatic rings. The highest BCUT2D eigenvalue weighted by molar-refractivity contribution is 5.96. The standard InChI is InChI=1S/C11H17N3O/c1-7(2)14(13)11-5-4-9(8(3)15)6-10(11)12/h4-7H,12-13H2,1-3H3. The van der Waals surface area contributed by atoms with Crippen LogP contribution in [0.2, 0.25) is 0 Å². The Morgan fingerprint density at radius 2 is 2.00 bits per heavy atom. The van der Waals surface area contributed by atoms with E-state index in [0.717, 1.165) is 5.69 Å². The molecular formula is C11H17N3O. The Hall–Kier alpha value is -1.55. The van der Waals surface area contributed by atoms with Crippen molar-refractivity contribution in [2.45, 2.75) is 26.8 Å². The lowest BCUT2D eigenvalue weighted by atomic mass is 10.1. The molecule has 0 unspecified atom stereocenters. The molecule has 0 radical (unpaired) electrons. The predicted molar refractivity (Wildman–Crippen MR) is 62.7 cm³/mol. The minimum Gasteiger partial charge on any atom is -0.397 e. The molecule has 4 nitrogen and oxygen atoms in total. The molecule has 0 aliphatic carbocycles. The highest BCUT2D eigenvalue weighted by atomic mass is 16.1. The molecular weight excluding hydrogens is 190 g/mol. The number of nitrogens with zero attached hydrogens (tertiary/aromatic N) is 1. The van der Waals surface area contributed by atoms with Crippen molar-refractivity contribution in [2.75, 3.05) is 10.7 Å². The predicted octanol–water partition coefficient (Wildman–Crippen LogP) is 1.56. The largest absolute Gasteiger partial charge is 0.397 e. The third kappa shape index (κ3) is 2.47. The van der Waals surface area contributed by atoms with Crippen LogP contribution in [0, 0.1) is 0 Å². The van der Waals surface area contributed by atoms with Crippen LogP contribution in [0.4, 0.5) is 11.4 Å². The van der Waals surface area contributed by atoms with Crippen molar-refractivity contribution in [3.05, 3.63) is 23.8 Å². The topological polar surface area (TPSA) is 72.3 Å². The molecule has 0 fully saturated rings. The Balaban J connectivity index is 3.08. The van der Waals surface area contributed by atoms with Crippen LogP contribution in [0.15, 0.2) is 18.2 Å². The van der Waals surface area contributed by atoms with E-state index in [4.69, 9.17) is 11.6 Å². The molecule has 0 aromatic heterocycles. The number of hydrogen-bond donors (Lipinski definition) is 2. The maximum atomic E-state index is 11.1. The molecule has 0 atom stereocenters. The molecule has 0 amide bonds. The van der Waals surface area contributed by atoms with Crippen LogP contribution in [-0.2, 0) is 0 Å². The van der Waals surface area contributed by atoms with E-state index >= 15 is 0 Å². The number of carbonyl (C=O) groups excluding carboxylic acids is 1. The van der Waals surface area contributed by atoms with Gasteiger partial charge in [0, 0.05) is 11.6 Å². The first-order valence-corrected chi connectivity index (χ1v) is 4.88. The lowest BCUT2D eigenvalue weighted by molar-refractivity contribution is 0.101. The maximum Gasteiger partial charge on any atom is 0.159 e. The van der Waals surface area contributed by atoms with Crippen LogP contribution in [0.1, 0.15) is 31.1 Å². The summed E-state index contributed by atoms with van der Waals surface area (Å²) in [6.45, 7) is 5.45. The normalized spacial score (nSPS) is 10.5. The van der Waals surface area contributed by atoms with Crippen molar-refractivity contribution < 1.29 is 4.79 Å². The van der Waals surface area contributed by atoms with Gasteiger partial charge in [-0.1, -0.05) is 0 Å². The Morgan fingerprint density at radius 1 is 1.40 bits per heavy atom. The lowest BCUT2D eigenvalue weighted by Crippen LogP contribution is -2.37. The average molecular weight is 207 g/mol. The van der Waals surface area contributed by atoms with E-state index in [0.29, 0.717) is 11.3 Å². The molecule has 0 bridgehead atoms. The molecule has 0 saturated carbocycles. The van der Waals surface area contributed by atoms with Crippen molar-refractivity contribution >= 4 is 17.2 Å². The zero-order valence-electron chi connectivity index (χ0n) is 9.32. The average Bonchev–Trinajstić information content (AvgIpc) is 2.16. The first-order valence-electron chi connectivity index (χ1n) is 4.88. The van der Waals surface area contributed by atoms with E-state index in [9.17, 15) is 4.79 Å². The third-order valence-electron chi connectivity index (χ3n) is 2.27. The second kappa shape index (κ2) is 4.31. The van der Waals surface area contributed by atoms with Gasteiger partial charge in [-0.2, -0.15) is 0 Å². The fourth-order valence-corrected chi connectivity index (χ4v) is 1.29. The molecule has 0 saturated heterocycles. The van der Waals surface area contributed by atoms with Gasteiger partial charge in [0.25, 0.3) is 0 Å². The van der Waals surface area contributed by atoms with E-state index in [1.54, 1.807) is 23.2 Å². The van der Waals surface area contributed by atoms with Gasteiger partial charge < -0.3 is 10.7 Å². The third-order valence-corrected chi connectivity index (χ3v) is 2.27. The van der Waals surface area contributed by atoms with Crippen molar-refractivity contribution in [1.29, 1.82) is 0 Å². The fourth-order valence-electron chi connectivity index (χ4n) is 1.29. The van der Waals surface area contributed by atoms with Crippen LogP contribution in [0.5, 0.6) is 0 Å². The molecule has 82 valence electrons. The van der Waals surface area contributed by atoms with Crippen LogP contribution < -0.4 is 16.6 Å². The number of rotatable bonds is 3. The second-order valence-electron chi connectivity index (χ2n) is 3.83. The van der Waals surface area contributed by atoms with Crippen molar-refractivity contribution in [3.8, 4) is 0 Å². The number of ketones is 1. The van der Waals surface area contributed by atoms with Crippen LogP contribution in [0.25, 0.3) is 0 Å². The van der Waals surface area contributed by atoms with E-state index in [1.165, 1.54) is 6.92 Å². The van der Waals surface area contributed by atoms with Gasteiger partial charge in [0.05, 0.1) is 11.4 Å². The summed E-state index contributed by atoms with van der Waals surface area (Å²) in [4.78, 5) is 11.1. The monoisotopic (exact) mass is 207 g/mol. The first-order chi connectivity index (χ1) is 6.93. The SMILES string of the molecule is CC(=O)c1ccc(N(N)C(C)C)c(N)c1. The van der Waals surface area contributed by atoms with E-state index in [1.807, 2.05) is 13.8 Å². The zero-order chi connectivity index (χ0) is 11.6. The van der Waals surface area contributed by atoms with Gasteiger partial charge in [-0.05, 0) is 39.0 Å². The number of Topliss-reactive ketones (excluding diaryl/α,β-unsaturated/α-hetero) is 1. The molecule has 0 spiro atoms. The van der Waals surface area contributed by atoms with Gasteiger partial charge in [-0.15, -0.1) is 0 Å². The summed E-state index contributed by atoms with van der Waals surface area (Å²) >= 11 is 0. The minimum absolute atomic E-state index is 0.00127. The highest BCUT2D eigenvalue weighted by Gasteiger charge is 2.10. The summed E-state index contributed by atoms with van der Waals surface area (Å²) in [5, 5.41) is 1.58. The smallest absolute Gasteiger partial charge is 0.159 e. The number of carbonyl (C=O) groups is 1. The summed E-state index contributed by atoms with van der Waals surface area (Å²) in [6, 6.07) is 5.32. The summed E-state index contributed by atoms with van der Waals surface area (Å²) in [5.74, 6) is 5.83. The van der Waals surface area contributed by atoms with Gasteiger partial charge in [0.15, 0.2) is 5.78 Å². The van der Waals surface area contributed by atoms with Crippen molar-refractivity contribution in [1.82, 2.24) is 0 Å². The summed E-state index contributed by atoms with van der Waals surface area (Å²) in [5.41, 5.74) is 7.70. The van der Waals surface area contributed by atoms with E-state index in [-0.39, 0.29) is 11.8 Å². The molecule has 4 N–H and O–H groups in total. The number of benzene rings is 1. The quantitative estimate of drug-likeness (QED) is 0.341. The number of hydrazine groups is 1. The summed E-state index contributed by atoms with van der Waals surface area (Å²) in [7, 11) is 0. The van der Waals surface area contributed by atoms with Crippen molar-refractivity contribution in [2.24, 2.45) is 5.84 Å². The molecule has 0 aliphatic heterocycles. The Labute approximate surface area is 89.8 Å². The van der Waals surface area contributed by atoms with Crippen molar-refractivity contribution in [3.63, 3.8) is 0 Å². The minimum atomic E-state index is 0.00127. The molecule has 1 rings (SSSR count). The molecule has 0 heterocycles. The number of nitrogens with two attached hydrogens (primary N) is 2. The molecule has 1 aromatic carbocycles. The summed E-state index contributed by atoms with van der Waals surface area (Å²) in [6.07, 6.45) is 0. The van der Waals surface area contributed by atoms with Crippen LogP contribution in [-0.4, -0.2) is 11.8 Å². The van der Waals surface area contributed by atoms with Gasteiger partial charge in [-0.25, -0.2) is 5.84 Å². The molecule has 4 heteroatoms. The highest BCUT2D eigenvalue weighted by Crippen LogP contribution is 2.23. The van der Waals surface area contributed by atoms with Gasteiger partial charge in [-0.3, -0.25) is 4.79 Å². The Kier molecular flexibility index (Phi) is 3.31. The first kappa shape index (κ1) is 11.5. The maximum absolute atomic E-state index is 11.1. The van der Waals surface area contributed by atoms with Crippen LogP contribution >= 0.6 is 0 Å². The molecule has 0 aliphatic rings.